The summed E-state index contributed by atoms with van der Waals surface area (Å²) in [6.45, 7) is 3.99. The lowest BCUT2D eigenvalue weighted by Crippen LogP contribution is -2.18. The Morgan fingerprint density at radius 2 is 1.85 bits per heavy atom. The molecule has 1 aliphatic heterocycles. The van der Waals surface area contributed by atoms with Gasteiger partial charge in [0.05, 0.1) is 35.5 Å². The molecule has 168 valence electrons. The largest absolute Gasteiger partial charge is 0.381 e. The van der Waals surface area contributed by atoms with Crippen molar-refractivity contribution in [3.8, 4) is 11.3 Å². The van der Waals surface area contributed by atoms with Crippen LogP contribution in [0.15, 0.2) is 48.7 Å². The number of hydrogen-bond donors (Lipinski definition) is 1. The molecule has 1 saturated heterocycles. The molecule has 0 unspecified atom stereocenters. The van der Waals surface area contributed by atoms with Gasteiger partial charge in [-0.1, -0.05) is 12.1 Å². The van der Waals surface area contributed by atoms with E-state index in [0.29, 0.717) is 24.0 Å². The molecule has 3 aromatic heterocycles. The van der Waals surface area contributed by atoms with Crippen LogP contribution in [0.1, 0.15) is 29.9 Å². The predicted octanol–water partition coefficient (Wildman–Crippen LogP) is 4.51. The highest BCUT2D eigenvalue weighted by molar-refractivity contribution is 5.95. The summed E-state index contributed by atoms with van der Waals surface area (Å²) in [6.07, 6.45) is 4.17. The van der Waals surface area contributed by atoms with Crippen molar-refractivity contribution in [1.29, 1.82) is 0 Å². The molecule has 1 aliphatic rings. The van der Waals surface area contributed by atoms with Crippen molar-refractivity contribution >= 4 is 16.6 Å². The number of rotatable bonds is 6. The number of pyridine rings is 1. The predicted molar refractivity (Wildman–Crippen MR) is 124 cm³/mol. The van der Waals surface area contributed by atoms with Crippen molar-refractivity contribution in [2.75, 3.05) is 18.5 Å². The third-order valence-corrected chi connectivity index (χ3v) is 5.99. The molecule has 33 heavy (non-hydrogen) atoms. The van der Waals surface area contributed by atoms with Gasteiger partial charge < -0.3 is 10.1 Å². The van der Waals surface area contributed by atoms with Crippen LogP contribution in [-0.4, -0.2) is 38.6 Å². The van der Waals surface area contributed by atoms with Crippen LogP contribution in [0.4, 0.5) is 10.2 Å². The number of anilines is 1. The van der Waals surface area contributed by atoms with Crippen molar-refractivity contribution in [3.05, 3.63) is 71.6 Å². The third-order valence-electron chi connectivity index (χ3n) is 5.99. The first kappa shape index (κ1) is 21.3. The molecule has 0 aliphatic carbocycles. The second-order valence-electron chi connectivity index (χ2n) is 8.40. The molecule has 5 rings (SSSR count). The maximum absolute atomic E-state index is 13.4. The average Bonchev–Trinajstić information content (AvgIpc) is 2.85. The minimum atomic E-state index is -0.356. The summed E-state index contributed by atoms with van der Waals surface area (Å²) < 4.78 is 18.9. The lowest BCUT2D eigenvalue weighted by atomic mass is 9.92. The van der Waals surface area contributed by atoms with E-state index in [0.717, 1.165) is 65.9 Å². The number of aryl methyl sites for hydroxylation is 1. The second-order valence-corrected chi connectivity index (χ2v) is 8.40. The molecule has 0 bridgehead atoms. The Morgan fingerprint density at radius 1 is 0.970 bits per heavy atom. The van der Waals surface area contributed by atoms with Gasteiger partial charge in [0.1, 0.15) is 5.82 Å². The van der Waals surface area contributed by atoms with Crippen LogP contribution >= 0.6 is 0 Å². The van der Waals surface area contributed by atoms with Crippen LogP contribution in [0.3, 0.4) is 0 Å². The Labute approximate surface area is 191 Å². The maximum atomic E-state index is 13.4. The van der Waals surface area contributed by atoms with Crippen LogP contribution in [0, 0.1) is 18.7 Å². The van der Waals surface area contributed by atoms with Crippen LogP contribution in [0.2, 0.25) is 0 Å². The SMILES string of the molecule is Cc1ccc(CNc2nnc(CC3CCOCC3)c3ccc(-c4ccc(F)cn4)cc23)nn1. The topological polar surface area (TPSA) is 85.7 Å². The molecular weight excluding hydrogens is 419 g/mol. The summed E-state index contributed by atoms with van der Waals surface area (Å²) in [5.74, 6) is 0.856. The van der Waals surface area contributed by atoms with Gasteiger partial charge in [0, 0.05) is 29.5 Å². The number of aromatic nitrogens is 5. The monoisotopic (exact) mass is 444 g/mol. The Hall–Kier alpha value is -3.52. The normalized spacial score (nSPS) is 14.5. The van der Waals surface area contributed by atoms with Gasteiger partial charge in [0.15, 0.2) is 5.82 Å². The fourth-order valence-corrected chi connectivity index (χ4v) is 4.12. The van der Waals surface area contributed by atoms with E-state index in [1.807, 2.05) is 31.2 Å². The third kappa shape index (κ3) is 4.96. The molecule has 0 radical (unpaired) electrons. The summed E-state index contributed by atoms with van der Waals surface area (Å²) in [5.41, 5.74) is 4.27. The maximum Gasteiger partial charge on any atom is 0.156 e. The Balaban J connectivity index is 1.50. The van der Waals surface area contributed by atoms with Crippen LogP contribution in [0.5, 0.6) is 0 Å². The van der Waals surface area contributed by atoms with Gasteiger partial charge >= 0.3 is 0 Å². The molecule has 4 heterocycles. The number of nitrogens with one attached hydrogen (secondary N) is 1. The zero-order chi connectivity index (χ0) is 22.6. The molecule has 0 spiro atoms. The molecule has 0 atom stereocenters. The molecule has 1 fully saturated rings. The number of halogens is 1. The summed E-state index contributed by atoms with van der Waals surface area (Å²) >= 11 is 0. The molecule has 7 nitrogen and oxygen atoms in total. The van der Waals surface area contributed by atoms with E-state index < -0.39 is 0 Å². The van der Waals surface area contributed by atoms with E-state index in [9.17, 15) is 4.39 Å². The number of ether oxygens (including phenoxy) is 1. The summed E-state index contributed by atoms with van der Waals surface area (Å²) in [5, 5.41) is 22.8. The van der Waals surface area contributed by atoms with Gasteiger partial charge in [-0.2, -0.15) is 15.3 Å². The highest BCUT2D eigenvalue weighted by Crippen LogP contribution is 2.31. The van der Waals surface area contributed by atoms with Gasteiger partial charge in [-0.25, -0.2) is 4.39 Å². The van der Waals surface area contributed by atoms with Crippen LogP contribution in [-0.2, 0) is 17.7 Å². The van der Waals surface area contributed by atoms with E-state index in [-0.39, 0.29) is 5.82 Å². The molecule has 1 aromatic carbocycles. The van der Waals surface area contributed by atoms with Crippen molar-refractivity contribution in [2.24, 2.45) is 5.92 Å². The minimum Gasteiger partial charge on any atom is -0.381 e. The first-order valence-electron chi connectivity index (χ1n) is 11.2. The van der Waals surface area contributed by atoms with Gasteiger partial charge in [-0.05, 0) is 62.4 Å². The van der Waals surface area contributed by atoms with Gasteiger partial charge in [0.2, 0.25) is 0 Å². The molecule has 0 saturated carbocycles. The van der Waals surface area contributed by atoms with Crippen molar-refractivity contribution < 1.29 is 9.13 Å². The van der Waals surface area contributed by atoms with Gasteiger partial charge in [0.25, 0.3) is 0 Å². The smallest absolute Gasteiger partial charge is 0.156 e. The van der Waals surface area contributed by atoms with E-state index in [2.05, 4.69) is 36.8 Å². The van der Waals surface area contributed by atoms with Crippen molar-refractivity contribution in [2.45, 2.75) is 32.7 Å². The molecule has 0 amide bonds. The number of nitrogens with zero attached hydrogens (tertiary/aromatic N) is 5. The molecule has 8 heteroatoms. The summed E-state index contributed by atoms with van der Waals surface area (Å²) in [6, 6.07) is 13.1. The quantitative estimate of drug-likeness (QED) is 0.468. The first-order valence-corrected chi connectivity index (χ1v) is 11.2. The number of hydrogen-bond acceptors (Lipinski definition) is 7. The van der Waals surface area contributed by atoms with Crippen molar-refractivity contribution in [1.82, 2.24) is 25.4 Å². The number of benzene rings is 1. The zero-order valence-corrected chi connectivity index (χ0v) is 18.5. The zero-order valence-electron chi connectivity index (χ0n) is 18.5. The van der Waals surface area contributed by atoms with E-state index in [4.69, 9.17) is 4.74 Å². The van der Waals surface area contributed by atoms with Gasteiger partial charge in [-0.3, -0.25) is 4.98 Å². The first-order chi connectivity index (χ1) is 16.2. The Bertz CT molecular complexity index is 1240. The van der Waals surface area contributed by atoms with Crippen LogP contribution in [0.25, 0.3) is 22.0 Å². The van der Waals surface area contributed by atoms with E-state index in [1.165, 1.54) is 12.3 Å². The molecule has 4 aromatic rings. The Kier molecular flexibility index (Phi) is 6.17. The standard InChI is InChI=1S/C25H25FN6O/c1-16-2-5-20(30-29-16)15-28-25-22-13-18(23-7-4-19(26)14-27-23)3-6-21(22)24(31-32-25)12-17-8-10-33-11-9-17/h2-7,13-14,17H,8-12,15H2,1H3,(H,28,32). The second kappa shape index (κ2) is 9.54. The number of fused-ring (bicyclic) bond motifs is 1. The summed E-state index contributed by atoms with van der Waals surface area (Å²) in [7, 11) is 0. The highest BCUT2D eigenvalue weighted by atomic mass is 19.1. The lowest BCUT2D eigenvalue weighted by Gasteiger charge is -2.22. The minimum absolute atomic E-state index is 0.356. The van der Waals surface area contributed by atoms with E-state index >= 15 is 0 Å². The highest BCUT2D eigenvalue weighted by Gasteiger charge is 2.18. The van der Waals surface area contributed by atoms with Crippen LogP contribution < -0.4 is 5.32 Å². The molecular formula is C25H25FN6O. The summed E-state index contributed by atoms with van der Waals surface area (Å²) in [4.78, 5) is 4.24. The Morgan fingerprint density at radius 3 is 2.61 bits per heavy atom. The fourth-order valence-electron chi connectivity index (χ4n) is 4.12. The molecule has 1 N–H and O–H groups in total. The van der Waals surface area contributed by atoms with Crippen molar-refractivity contribution in [3.63, 3.8) is 0 Å². The average molecular weight is 445 g/mol. The fraction of sp³-hybridized carbons (Fsp3) is 0.320. The van der Waals surface area contributed by atoms with Gasteiger partial charge in [-0.15, -0.1) is 5.10 Å². The van der Waals surface area contributed by atoms with E-state index in [1.54, 1.807) is 6.07 Å². The lowest BCUT2D eigenvalue weighted by molar-refractivity contribution is 0.0663.